The summed E-state index contributed by atoms with van der Waals surface area (Å²) in [4.78, 5) is 26.9. The van der Waals surface area contributed by atoms with Crippen LogP contribution in [0.1, 0.15) is 29.7 Å². The minimum atomic E-state index is -0.701. The standard InChI is InChI=1S/C23H25FN2O4/c1-5-29-22(27)20-18(13-30-19-9-7-6-8-17(19)24)26(4)23(28)25-21(20)16-11-10-14(2)12-15(16)3/h6-12,21H,5,13H2,1-4H3,(H,25,28)/t21-/m1/s1. The number of nitrogens with zero attached hydrogens (tertiary/aromatic N) is 1. The number of likely N-dealkylation sites (N-methyl/N-ethyl adjacent to an activating group) is 1. The molecule has 1 N–H and O–H groups in total. The van der Waals surface area contributed by atoms with Gasteiger partial charge in [-0.05, 0) is 44.0 Å². The van der Waals surface area contributed by atoms with Crippen LogP contribution in [0.2, 0.25) is 0 Å². The van der Waals surface area contributed by atoms with Gasteiger partial charge in [0.1, 0.15) is 6.61 Å². The SMILES string of the molecule is CCOC(=O)C1=C(COc2ccccc2F)N(C)C(=O)N[C@@H]1c1ccc(C)cc1C. The number of carbonyl (C=O) groups is 2. The highest BCUT2D eigenvalue weighted by molar-refractivity contribution is 5.95. The van der Waals surface area contributed by atoms with Crippen LogP contribution in [-0.2, 0) is 9.53 Å². The molecule has 1 heterocycles. The molecule has 0 spiro atoms. The van der Waals surface area contributed by atoms with E-state index >= 15 is 0 Å². The van der Waals surface area contributed by atoms with Gasteiger partial charge in [-0.2, -0.15) is 0 Å². The Bertz CT molecular complexity index is 1000. The third-order valence-corrected chi connectivity index (χ3v) is 5.01. The van der Waals surface area contributed by atoms with Gasteiger partial charge in [-0.3, -0.25) is 4.90 Å². The van der Waals surface area contributed by atoms with Crippen molar-refractivity contribution in [3.05, 3.63) is 76.2 Å². The Morgan fingerprint density at radius 3 is 2.60 bits per heavy atom. The summed E-state index contributed by atoms with van der Waals surface area (Å²) in [6.45, 7) is 5.62. The van der Waals surface area contributed by atoms with Crippen molar-refractivity contribution in [1.29, 1.82) is 0 Å². The molecule has 1 aliphatic rings. The lowest BCUT2D eigenvalue weighted by Crippen LogP contribution is -2.48. The Morgan fingerprint density at radius 1 is 1.20 bits per heavy atom. The van der Waals surface area contributed by atoms with E-state index in [2.05, 4.69) is 5.32 Å². The number of carbonyl (C=O) groups excluding carboxylic acids is 2. The molecule has 7 heteroatoms. The molecule has 0 aliphatic carbocycles. The van der Waals surface area contributed by atoms with Gasteiger partial charge in [0.15, 0.2) is 11.6 Å². The largest absolute Gasteiger partial charge is 0.484 e. The van der Waals surface area contributed by atoms with Gasteiger partial charge >= 0.3 is 12.0 Å². The van der Waals surface area contributed by atoms with Crippen LogP contribution in [-0.4, -0.2) is 37.2 Å². The van der Waals surface area contributed by atoms with Crippen LogP contribution in [0, 0.1) is 19.7 Å². The van der Waals surface area contributed by atoms with Crippen molar-refractivity contribution < 1.29 is 23.5 Å². The van der Waals surface area contributed by atoms with Crippen molar-refractivity contribution in [1.82, 2.24) is 10.2 Å². The highest BCUT2D eigenvalue weighted by Crippen LogP contribution is 2.33. The number of ether oxygens (including phenoxy) is 2. The fourth-order valence-corrected chi connectivity index (χ4v) is 3.47. The van der Waals surface area contributed by atoms with Gasteiger partial charge in [0.05, 0.1) is 23.9 Å². The molecular formula is C23H25FN2O4. The van der Waals surface area contributed by atoms with E-state index in [1.54, 1.807) is 19.1 Å². The lowest BCUT2D eigenvalue weighted by Gasteiger charge is -2.35. The number of benzene rings is 2. The molecule has 0 fully saturated rings. The van der Waals surface area contributed by atoms with Crippen LogP contribution in [0.3, 0.4) is 0 Å². The van der Waals surface area contributed by atoms with E-state index in [0.29, 0.717) is 5.70 Å². The fourth-order valence-electron chi connectivity index (χ4n) is 3.47. The molecule has 2 aromatic carbocycles. The summed E-state index contributed by atoms with van der Waals surface area (Å²) in [6, 6.07) is 10.7. The Balaban J connectivity index is 2.08. The molecule has 2 amide bonds. The first-order valence-electron chi connectivity index (χ1n) is 9.72. The molecule has 30 heavy (non-hydrogen) atoms. The lowest BCUT2D eigenvalue weighted by atomic mass is 9.91. The average molecular weight is 412 g/mol. The van der Waals surface area contributed by atoms with Crippen molar-refractivity contribution in [2.75, 3.05) is 20.3 Å². The Morgan fingerprint density at radius 2 is 1.93 bits per heavy atom. The third kappa shape index (κ3) is 4.30. The van der Waals surface area contributed by atoms with E-state index in [1.807, 2.05) is 32.0 Å². The Labute approximate surface area is 175 Å². The van der Waals surface area contributed by atoms with Crippen molar-refractivity contribution in [2.45, 2.75) is 26.8 Å². The molecule has 0 unspecified atom stereocenters. The molecular weight excluding hydrogens is 387 g/mol. The topological polar surface area (TPSA) is 67.9 Å². The van der Waals surface area contributed by atoms with Crippen LogP contribution >= 0.6 is 0 Å². The predicted molar refractivity (Wildman–Crippen MR) is 111 cm³/mol. The van der Waals surface area contributed by atoms with Crippen molar-refractivity contribution in [2.24, 2.45) is 0 Å². The first-order chi connectivity index (χ1) is 14.3. The molecule has 0 saturated heterocycles. The molecule has 0 bridgehead atoms. The second kappa shape index (κ2) is 8.98. The van der Waals surface area contributed by atoms with Gasteiger partial charge in [0.2, 0.25) is 0 Å². The second-order valence-corrected chi connectivity index (χ2v) is 7.10. The normalized spacial score (nSPS) is 16.4. The highest BCUT2D eigenvalue weighted by atomic mass is 19.1. The first kappa shape index (κ1) is 21.4. The number of hydrogen-bond donors (Lipinski definition) is 1. The minimum absolute atomic E-state index is 0.0376. The summed E-state index contributed by atoms with van der Waals surface area (Å²) in [6.07, 6.45) is 0. The van der Waals surface area contributed by atoms with E-state index in [9.17, 15) is 14.0 Å². The fraction of sp³-hybridized carbons (Fsp3) is 0.304. The van der Waals surface area contributed by atoms with Crippen LogP contribution in [0.25, 0.3) is 0 Å². The van der Waals surface area contributed by atoms with Crippen molar-refractivity contribution in [3.63, 3.8) is 0 Å². The number of urea groups is 1. The highest BCUT2D eigenvalue weighted by Gasteiger charge is 2.37. The van der Waals surface area contributed by atoms with Gasteiger partial charge < -0.3 is 14.8 Å². The summed E-state index contributed by atoms with van der Waals surface area (Å²) in [5, 5.41) is 2.87. The molecule has 3 rings (SSSR count). The number of para-hydroxylation sites is 1. The van der Waals surface area contributed by atoms with Gasteiger partial charge in [0, 0.05) is 7.05 Å². The average Bonchev–Trinajstić information content (AvgIpc) is 2.70. The smallest absolute Gasteiger partial charge is 0.338 e. The molecule has 0 aromatic heterocycles. The lowest BCUT2D eigenvalue weighted by molar-refractivity contribution is -0.139. The number of nitrogens with one attached hydrogen (secondary N) is 1. The number of aryl methyl sites for hydroxylation is 2. The summed E-state index contributed by atoms with van der Waals surface area (Å²) in [5.74, 6) is -1.04. The molecule has 1 atom stereocenters. The van der Waals surface area contributed by atoms with E-state index in [-0.39, 0.29) is 30.6 Å². The van der Waals surface area contributed by atoms with E-state index in [0.717, 1.165) is 16.7 Å². The number of esters is 1. The maximum Gasteiger partial charge on any atom is 0.338 e. The maximum atomic E-state index is 14.0. The zero-order chi connectivity index (χ0) is 21.8. The van der Waals surface area contributed by atoms with Crippen LogP contribution in [0.15, 0.2) is 53.7 Å². The van der Waals surface area contributed by atoms with Crippen molar-refractivity contribution in [3.8, 4) is 5.75 Å². The van der Waals surface area contributed by atoms with E-state index in [4.69, 9.17) is 9.47 Å². The number of rotatable bonds is 6. The number of hydrogen-bond acceptors (Lipinski definition) is 4. The van der Waals surface area contributed by atoms with E-state index < -0.39 is 17.8 Å². The Kier molecular flexibility index (Phi) is 6.40. The molecule has 1 aliphatic heterocycles. The third-order valence-electron chi connectivity index (χ3n) is 5.01. The molecule has 6 nitrogen and oxygen atoms in total. The van der Waals surface area contributed by atoms with Gasteiger partial charge in [-0.15, -0.1) is 0 Å². The van der Waals surface area contributed by atoms with E-state index in [1.165, 1.54) is 24.1 Å². The molecule has 0 radical (unpaired) electrons. The van der Waals surface area contributed by atoms with Crippen LogP contribution < -0.4 is 10.1 Å². The summed E-state index contributed by atoms with van der Waals surface area (Å²) in [5.41, 5.74) is 3.38. The van der Waals surface area contributed by atoms with Gasteiger partial charge in [-0.1, -0.05) is 35.9 Å². The first-order valence-corrected chi connectivity index (χ1v) is 9.72. The zero-order valence-electron chi connectivity index (χ0n) is 17.5. The number of halogens is 1. The Hall–Kier alpha value is -3.35. The quantitative estimate of drug-likeness (QED) is 0.728. The molecule has 0 saturated carbocycles. The molecule has 158 valence electrons. The van der Waals surface area contributed by atoms with Gasteiger partial charge in [-0.25, -0.2) is 14.0 Å². The monoisotopic (exact) mass is 412 g/mol. The van der Waals surface area contributed by atoms with Crippen LogP contribution in [0.4, 0.5) is 9.18 Å². The van der Waals surface area contributed by atoms with Gasteiger partial charge in [0.25, 0.3) is 0 Å². The molecule has 2 aromatic rings. The number of amides is 2. The second-order valence-electron chi connectivity index (χ2n) is 7.10. The van der Waals surface area contributed by atoms with Crippen LogP contribution in [0.5, 0.6) is 5.75 Å². The minimum Gasteiger partial charge on any atom is -0.484 e. The maximum absolute atomic E-state index is 14.0. The predicted octanol–water partition coefficient (Wildman–Crippen LogP) is 4.03. The summed E-state index contributed by atoms with van der Waals surface area (Å²) < 4.78 is 24.9. The summed E-state index contributed by atoms with van der Waals surface area (Å²) >= 11 is 0. The summed E-state index contributed by atoms with van der Waals surface area (Å²) in [7, 11) is 1.53. The zero-order valence-corrected chi connectivity index (χ0v) is 17.5. The van der Waals surface area contributed by atoms with Crippen molar-refractivity contribution >= 4 is 12.0 Å².